The highest BCUT2D eigenvalue weighted by Crippen LogP contribution is 2.46. The summed E-state index contributed by atoms with van der Waals surface area (Å²) in [6.07, 6.45) is 8.37. The van der Waals surface area contributed by atoms with Crippen LogP contribution < -0.4 is 20.1 Å². The molecule has 4 aliphatic carbocycles. The lowest BCUT2D eigenvalue weighted by Crippen LogP contribution is -2.50. The van der Waals surface area contributed by atoms with Crippen LogP contribution >= 0.6 is 0 Å². The lowest BCUT2D eigenvalue weighted by Gasteiger charge is -2.41. The van der Waals surface area contributed by atoms with Crippen LogP contribution in [0.2, 0.25) is 0 Å². The summed E-state index contributed by atoms with van der Waals surface area (Å²) < 4.78 is 25.8. The molecule has 1 aromatic rings. The zero-order valence-electron chi connectivity index (χ0n) is 21.5. The molecule has 0 aromatic heterocycles. The maximum absolute atomic E-state index is 14.7. The molecule has 3 fully saturated rings. The first-order chi connectivity index (χ1) is 17.5. The van der Waals surface area contributed by atoms with E-state index in [1.165, 1.54) is 19.6 Å². The second-order valence-corrected chi connectivity index (χ2v) is 11.9. The minimum atomic E-state index is -0.914. The van der Waals surface area contributed by atoms with Gasteiger partial charge in [0.2, 0.25) is 5.91 Å². The molecule has 0 aliphatic heterocycles. The number of hydrogen-bond acceptors (Lipinski definition) is 5. The van der Waals surface area contributed by atoms with E-state index in [0.29, 0.717) is 6.54 Å². The molecule has 0 spiro atoms. The number of carboxylic acid groups (broad SMARTS) is 1. The number of fused-ring (bicyclic) bond motifs is 2. The lowest BCUT2D eigenvalue weighted by atomic mass is 9.68. The maximum atomic E-state index is 14.7. The van der Waals surface area contributed by atoms with Crippen LogP contribution in [0.3, 0.4) is 0 Å². The molecular formula is C28H35FN2O6. The molecule has 37 heavy (non-hydrogen) atoms. The van der Waals surface area contributed by atoms with E-state index in [1.54, 1.807) is 6.92 Å². The Morgan fingerprint density at radius 3 is 2.43 bits per heavy atom. The standard InChI is InChI=1S/C28H35FN2O6/c1-27(7-4-8-27)14-30-25(33)22-15-5-6-16(9-15)23(22)31-24(32)18-10-21(19(29)11-20(18)36-3)37-17-12-28(2,13-17)26(34)35/h5-6,10-11,15-17,22-23H,4,7-9,12-14H2,1-3H3,(H,30,33)(H,31,32)(H,34,35)/t15-,16+,17?,22+,23-,28?/m1/s1. The van der Waals surface area contributed by atoms with E-state index in [-0.39, 0.29) is 65.0 Å². The Hall–Kier alpha value is -3.10. The number of ether oxygens (including phenoxy) is 2. The summed E-state index contributed by atoms with van der Waals surface area (Å²) in [5, 5.41) is 15.5. The number of carbonyl (C=O) groups excluding carboxylic acids is 2. The van der Waals surface area contributed by atoms with Crippen molar-refractivity contribution in [1.82, 2.24) is 10.6 Å². The Bertz CT molecular complexity index is 1140. The van der Waals surface area contributed by atoms with Gasteiger partial charge in [-0.25, -0.2) is 4.39 Å². The Kier molecular flexibility index (Phi) is 6.44. The van der Waals surface area contributed by atoms with E-state index in [2.05, 4.69) is 29.7 Å². The first-order valence-electron chi connectivity index (χ1n) is 13.1. The molecule has 8 nitrogen and oxygen atoms in total. The average molecular weight is 515 g/mol. The molecule has 4 aliphatic rings. The van der Waals surface area contributed by atoms with Crippen LogP contribution in [-0.4, -0.2) is 48.7 Å². The van der Waals surface area contributed by atoms with Gasteiger partial charge in [-0.3, -0.25) is 14.4 Å². The van der Waals surface area contributed by atoms with Crippen molar-refractivity contribution < 1.29 is 33.4 Å². The third-order valence-corrected chi connectivity index (χ3v) is 8.97. The molecular weight excluding hydrogens is 479 g/mol. The predicted octanol–water partition coefficient (Wildman–Crippen LogP) is 3.69. The SMILES string of the molecule is COc1cc(F)c(OC2CC(C)(C(=O)O)C2)cc1C(=O)N[C@H]1[C@@H](C(=O)NCC2(C)CCC2)[C@@H]2C=C[C@H]1C2. The van der Waals surface area contributed by atoms with Crippen LogP contribution in [0.1, 0.15) is 62.7 Å². The summed E-state index contributed by atoms with van der Waals surface area (Å²) in [4.78, 5) is 38.0. The third kappa shape index (κ3) is 4.68. The van der Waals surface area contributed by atoms with Crippen molar-refractivity contribution in [2.75, 3.05) is 13.7 Å². The number of nitrogens with one attached hydrogen (secondary N) is 2. The number of halogens is 1. The fraction of sp³-hybridized carbons (Fsp3) is 0.607. The van der Waals surface area contributed by atoms with Crippen LogP contribution in [-0.2, 0) is 9.59 Å². The number of methoxy groups -OCH3 is 1. The van der Waals surface area contributed by atoms with Gasteiger partial charge >= 0.3 is 5.97 Å². The second kappa shape index (κ2) is 9.33. The first kappa shape index (κ1) is 25.5. The number of hydrogen-bond donors (Lipinski definition) is 3. The number of rotatable bonds is 9. The molecule has 3 N–H and O–H groups in total. The van der Waals surface area contributed by atoms with E-state index in [9.17, 15) is 23.9 Å². The van der Waals surface area contributed by atoms with E-state index < -0.39 is 29.2 Å². The van der Waals surface area contributed by atoms with Gasteiger partial charge in [0, 0.05) is 31.5 Å². The highest BCUT2D eigenvalue weighted by molar-refractivity contribution is 5.98. The summed E-state index contributed by atoms with van der Waals surface area (Å²) >= 11 is 0. The van der Waals surface area contributed by atoms with Crippen molar-refractivity contribution in [2.24, 2.45) is 28.6 Å². The van der Waals surface area contributed by atoms with Crippen molar-refractivity contribution in [3.8, 4) is 11.5 Å². The van der Waals surface area contributed by atoms with Gasteiger partial charge in [0.25, 0.3) is 5.91 Å². The van der Waals surface area contributed by atoms with Crippen molar-refractivity contribution >= 4 is 17.8 Å². The number of aliphatic carboxylic acids is 1. The van der Waals surface area contributed by atoms with Crippen LogP contribution in [0, 0.1) is 34.4 Å². The molecule has 9 heteroatoms. The van der Waals surface area contributed by atoms with E-state index in [0.717, 1.165) is 25.3 Å². The van der Waals surface area contributed by atoms with Crippen LogP contribution in [0.15, 0.2) is 24.3 Å². The topological polar surface area (TPSA) is 114 Å². The first-order valence-corrected chi connectivity index (χ1v) is 13.1. The Morgan fingerprint density at radius 1 is 1.11 bits per heavy atom. The molecule has 4 atom stereocenters. The minimum absolute atomic E-state index is 0.0446. The quantitative estimate of drug-likeness (QED) is 0.433. The zero-order valence-corrected chi connectivity index (χ0v) is 21.5. The normalized spacial score (nSPS) is 32.7. The Balaban J connectivity index is 1.30. The van der Waals surface area contributed by atoms with Gasteiger partial charge in [0.05, 0.1) is 24.0 Å². The predicted molar refractivity (Wildman–Crippen MR) is 133 cm³/mol. The fourth-order valence-corrected chi connectivity index (χ4v) is 6.34. The van der Waals surface area contributed by atoms with Gasteiger partial charge in [0.15, 0.2) is 11.6 Å². The van der Waals surface area contributed by atoms with Gasteiger partial charge in [-0.15, -0.1) is 0 Å². The zero-order chi connectivity index (χ0) is 26.5. The van der Waals surface area contributed by atoms with Crippen molar-refractivity contribution in [1.29, 1.82) is 0 Å². The molecule has 0 heterocycles. The highest BCUT2D eigenvalue weighted by Gasteiger charge is 2.50. The van der Waals surface area contributed by atoms with Crippen molar-refractivity contribution in [3.05, 3.63) is 35.7 Å². The second-order valence-electron chi connectivity index (χ2n) is 11.9. The molecule has 0 radical (unpaired) electrons. The molecule has 2 amide bonds. The monoisotopic (exact) mass is 514 g/mol. The largest absolute Gasteiger partial charge is 0.496 e. The number of carbonyl (C=O) groups is 3. The number of allylic oxidation sites excluding steroid dienone is 1. The molecule has 200 valence electrons. The van der Waals surface area contributed by atoms with E-state index >= 15 is 0 Å². The summed E-state index contributed by atoms with van der Waals surface area (Å²) in [6.45, 7) is 4.45. The van der Waals surface area contributed by atoms with Gasteiger partial charge in [0.1, 0.15) is 11.9 Å². The fourth-order valence-electron chi connectivity index (χ4n) is 6.34. The molecule has 1 aromatic carbocycles. The van der Waals surface area contributed by atoms with Crippen LogP contribution in [0.4, 0.5) is 4.39 Å². The number of amides is 2. The number of benzene rings is 1. The van der Waals surface area contributed by atoms with Gasteiger partial charge < -0.3 is 25.2 Å². The molecule has 2 bridgehead atoms. The van der Waals surface area contributed by atoms with Gasteiger partial charge in [-0.2, -0.15) is 0 Å². The Labute approximate surface area is 216 Å². The minimum Gasteiger partial charge on any atom is -0.496 e. The van der Waals surface area contributed by atoms with Crippen LogP contribution in [0.25, 0.3) is 0 Å². The highest BCUT2D eigenvalue weighted by atomic mass is 19.1. The van der Waals surface area contributed by atoms with E-state index in [1.807, 2.05) is 0 Å². The number of carboxylic acids is 1. The smallest absolute Gasteiger partial charge is 0.309 e. The average Bonchev–Trinajstić information content (AvgIpc) is 3.42. The van der Waals surface area contributed by atoms with Crippen LogP contribution in [0.5, 0.6) is 11.5 Å². The van der Waals surface area contributed by atoms with E-state index in [4.69, 9.17) is 9.47 Å². The molecule has 5 rings (SSSR count). The van der Waals surface area contributed by atoms with Crippen molar-refractivity contribution in [2.45, 2.75) is 64.5 Å². The summed E-state index contributed by atoms with van der Waals surface area (Å²) in [5.74, 6) is -2.44. The van der Waals surface area contributed by atoms with Gasteiger partial charge in [-0.1, -0.05) is 25.5 Å². The third-order valence-electron chi connectivity index (χ3n) is 8.97. The Morgan fingerprint density at radius 2 is 1.81 bits per heavy atom. The molecule has 0 saturated heterocycles. The molecule has 3 saturated carbocycles. The maximum Gasteiger partial charge on any atom is 0.309 e. The van der Waals surface area contributed by atoms with Gasteiger partial charge in [-0.05, 0) is 49.5 Å². The summed E-state index contributed by atoms with van der Waals surface area (Å²) in [6, 6.07) is 2.03. The van der Waals surface area contributed by atoms with Crippen molar-refractivity contribution in [3.63, 3.8) is 0 Å². The summed E-state index contributed by atoms with van der Waals surface area (Å²) in [7, 11) is 1.36. The molecule has 0 unspecified atom stereocenters. The summed E-state index contributed by atoms with van der Waals surface area (Å²) in [5.41, 5.74) is -0.635. The lowest BCUT2D eigenvalue weighted by molar-refractivity contribution is -0.159.